The van der Waals surface area contributed by atoms with Crippen molar-refractivity contribution < 1.29 is 14.3 Å². The fourth-order valence-electron chi connectivity index (χ4n) is 1.02. The minimum Gasteiger partial charge on any atom is -0.459 e. The van der Waals surface area contributed by atoms with Crippen molar-refractivity contribution in [1.82, 2.24) is 0 Å². The van der Waals surface area contributed by atoms with Gasteiger partial charge in [-0.25, -0.2) is 4.79 Å². The van der Waals surface area contributed by atoms with Crippen LogP contribution in [-0.2, 0) is 14.3 Å². The first-order chi connectivity index (χ1) is 5.86. The van der Waals surface area contributed by atoms with Gasteiger partial charge in [0.15, 0.2) is 0 Å². The Morgan fingerprint density at radius 3 is 3.17 bits per heavy atom. The Balaban J connectivity index is 1.75. The molecule has 0 bridgehead atoms. The first kappa shape index (κ1) is 7.55. The minimum atomic E-state index is -0.212. The monoisotopic (exact) mass is 166 g/mol. The second-order valence-corrected chi connectivity index (χ2v) is 2.88. The summed E-state index contributed by atoms with van der Waals surface area (Å²) < 4.78 is 9.89. The molecule has 2 rings (SSSR count). The van der Waals surface area contributed by atoms with Gasteiger partial charge in [-0.05, 0) is 6.42 Å². The standard InChI is InChI=1S/C9H10O3/c10-9(7-3-1-2-4-7)12-6-8-5-11-8/h1-3,8H,4-6H2. The van der Waals surface area contributed by atoms with E-state index < -0.39 is 0 Å². The molecule has 64 valence electrons. The van der Waals surface area contributed by atoms with Gasteiger partial charge in [-0.3, -0.25) is 0 Å². The van der Waals surface area contributed by atoms with E-state index in [1.165, 1.54) is 0 Å². The summed E-state index contributed by atoms with van der Waals surface area (Å²) in [7, 11) is 0. The van der Waals surface area contributed by atoms with Gasteiger partial charge in [0.2, 0.25) is 0 Å². The topological polar surface area (TPSA) is 38.8 Å². The van der Waals surface area contributed by atoms with Crippen LogP contribution >= 0.6 is 0 Å². The molecule has 1 unspecified atom stereocenters. The third-order valence-electron chi connectivity index (χ3n) is 1.84. The van der Waals surface area contributed by atoms with Gasteiger partial charge >= 0.3 is 5.97 Å². The molecule has 0 radical (unpaired) electrons. The zero-order valence-corrected chi connectivity index (χ0v) is 6.66. The molecule has 1 heterocycles. The van der Waals surface area contributed by atoms with Crippen LogP contribution in [0.3, 0.4) is 0 Å². The van der Waals surface area contributed by atoms with Crippen molar-refractivity contribution in [3.63, 3.8) is 0 Å². The predicted molar refractivity (Wildman–Crippen MR) is 42.5 cm³/mol. The molecule has 1 atom stereocenters. The van der Waals surface area contributed by atoms with Gasteiger partial charge < -0.3 is 9.47 Å². The lowest BCUT2D eigenvalue weighted by atomic mass is 10.2. The molecule has 3 heteroatoms. The molecule has 0 aromatic carbocycles. The molecule has 1 saturated heterocycles. The molecular weight excluding hydrogens is 156 g/mol. The van der Waals surface area contributed by atoms with Crippen molar-refractivity contribution in [3.8, 4) is 0 Å². The number of rotatable bonds is 3. The van der Waals surface area contributed by atoms with Crippen LogP contribution in [0.15, 0.2) is 23.8 Å². The molecule has 12 heavy (non-hydrogen) atoms. The summed E-state index contributed by atoms with van der Waals surface area (Å²) in [5, 5.41) is 0. The molecule has 0 aromatic heterocycles. The molecule has 0 aromatic rings. The summed E-state index contributed by atoms with van der Waals surface area (Å²) in [5.74, 6) is -0.212. The quantitative estimate of drug-likeness (QED) is 0.460. The van der Waals surface area contributed by atoms with E-state index in [1.54, 1.807) is 6.08 Å². The van der Waals surface area contributed by atoms with Crippen molar-refractivity contribution in [2.75, 3.05) is 13.2 Å². The van der Waals surface area contributed by atoms with Gasteiger partial charge in [0, 0.05) is 5.57 Å². The molecule has 1 fully saturated rings. The maximum atomic E-state index is 11.2. The van der Waals surface area contributed by atoms with Crippen LogP contribution in [0.5, 0.6) is 0 Å². The van der Waals surface area contributed by atoms with Crippen molar-refractivity contribution >= 4 is 5.97 Å². The van der Waals surface area contributed by atoms with Crippen LogP contribution < -0.4 is 0 Å². The number of carbonyl (C=O) groups excluding carboxylic acids is 1. The van der Waals surface area contributed by atoms with Crippen molar-refractivity contribution in [2.45, 2.75) is 12.5 Å². The van der Waals surface area contributed by atoms with Crippen LogP contribution in [0.25, 0.3) is 0 Å². The lowest BCUT2D eigenvalue weighted by Gasteiger charge is -2.01. The van der Waals surface area contributed by atoms with E-state index in [2.05, 4.69) is 0 Å². The highest BCUT2D eigenvalue weighted by atomic mass is 16.6. The van der Waals surface area contributed by atoms with Crippen LogP contribution in [0.4, 0.5) is 0 Å². The third-order valence-corrected chi connectivity index (χ3v) is 1.84. The maximum Gasteiger partial charge on any atom is 0.334 e. The van der Waals surface area contributed by atoms with Gasteiger partial charge in [-0.15, -0.1) is 0 Å². The molecule has 0 spiro atoms. The van der Waals surface area contributed by atoms with E-state index >= 15 is 0 Å². The molecule has 0 amide bonds. The Bertz CT molecular complexity index is 248. The lowest BCUT2D eigenvalue weighted by molar-refractivity contribution is -0.139. The number of epoxide rings is 1. The van der Waals surface area contributed by atoms with E-state index in [0.717, 1.165) is 12.2 Å². The number of hydrogen-bond acceptors (Lipinski definition) is 3. The zero-order chi connectivity index (χ0) is 8.39. The van der Waals surface area contributed by atoms with Crippen LogP contribution in [-0.4, -0.2) is 25.3 Å². The predicted octanol–water partition coefficient (Wildman–Crippen LogP) is 0.815. The van der Waals surface area contributed by atoms with E-state index in [-0.39, 0.29) is 12.1 Å². The van der Waals surface area contributed by atoms with E-state index in [0.29, 0.717) is 13.0 Å². The van der Waals surface area contributed by atoms with Gasteiger partial charge in [0.05, 0.1) is 6.61 Å². The minimum absolute atomic E-state index is 0.156. The van der Waals surface area contributed by atoms with E-state index in [9.17, 15) is 4.79 Å². The summed E-state index contributed by atoms with van der Waals surface area (Å²) in [5.41, 5.74) is 0.732. The molecule has 2 aliphatic rings. The molecule has 0 N–H and O–H groups in total. The average Bonchev–Trinajstić information content (AvgIpc) is 2.74. The van der Waals surface area contributed by atoms with E-state index in [1.807, 2.05) is 12.2 Å². The van der Waals surface area contributed by atoms with Crippen LogP contribution in [0.2, 0.25) is 0 Å². The lowest BCUT2D eigenvalue weighted by Crippen LogP contribution is -2.11. The average molecular weight is 166 g/mol. The zero-order valence-electron chi connectivity index (χ0n) is 6.66. The Morgan fingerprint density at radius 1 is 1.75 bits per heavy atom. The second-order valence-electron chi connectivity index (χ2n) is 2.88. The SMILES string of the molecule is O=C(OCC1CO1)C1=CC=CC1. The summed E-state index contributed by atoms with van der Waals surface area (Å²) in [4.78, 5) is 11.2. The Hall–Kier alpha value is -1.09. The fourth-order valence-corrected chi connectivity index (χ4v) is 1.02. The van der Waals surface area contributed by atoms with Gasteiger partial charge in [0.1, 0.15) is 12.7 Å². The van der Waals surface area contributed by atoms with Gasteiger partial charge in [-0.2, -0.15) is 0 Å². The number of carbonyl (C=O) groups is 1. The molecule has 1 aliphatic carbocycles. The van der Waals surface area contributed by atoms with Gasteiger partial charge in [-0.1, -0.05) is 18.2 Å². The smallest absolute Gasteiger partial charge is 0.334 e. The second kappa shape index (κ2) is 3.11. The molecule has 0 saturated carbocycles. The fraction of sp³-hybridized carbons (Fsp3) is 0.444. The normalized spacial score (nSPS) is 25.3. The third kappa shape index (κ3) is 1.74. The Kier molecular flexibility index (Phi) is 1.96. The maximum absolute atomic E-state index is 11.2. The number of esters is 1. The van der Waals surface area contributed by atoms with Crippen molar-refractivity contribution in [1.29, 1.82) is 0 Å². The highest BCUT2D eigenvalue weighted by Gasteiger charge is 2.24. The summed E-state index contributed by atoms with van der Waals surface area (Å²) in [6.07, 6.45) is 6.44. The molecule has 1 aliphatic heterocycles. The van der Waals surface area contributed by atoms with Crippen molar-refractivity contribution in [2.24, 2.45) is 0 Å². The van der Waals surface area contributed by atoms with Crippen LogP contribution in [0, 0.1) is 0 Å². The van der Waals surface area contributed by atoms with Gasteiger partial charge in [0.25, 0.3) is 0 Å². The first-order valence-electron chi connectivity index (χ1n) is 4.00. The van der Waals surface area contributed by atoms with E-state index in [4.69, 9.17) is 9.47 Å². The Morgan fingerprint density at radius 2 is 2.58 bits per heavy atom. The highest BCUT2D eigenvalue weighted by Crippen LogP contribution is 2.14. The number of allylic oxidation sites excluding steroid dienone is 3. The number of ether oxygens (including phenoxy) is 2. The van der Waals surface area contributed by atoms with Crippen molar-refractivity contribution in [3.05, 3.63) is 23.8 Å². The largest absolute Gasteiger partial charge is 0.459 e. The molecular formula is C9H10O3. The number of hydrogen-bond donors (Lipinski definition) is 0. The summed E-state index contributed by atoms with van der Waals surface area (Å²) in [6, 6.07) is 0. The summed E-state index contributed by atoms with van der Waals surface area (Å²) in [6.45, 7) is 1.13. The summed E-state index contributed by atoms with van der Waals surface area (Å²) >= 11 is 0. The molecule has 3 nitrogen and oxygen atoms in total. The van der Waals surface area contributed by atoms with Crippen LogP contribution in [0.1, 0.15) is 6.42 Å². The Labute approximate surface area is 70.7 Å². The highest BCUT2D eigenvalue weighted by molar-refractivity contribution is 5.89. The first-order valence-corrected chi connectivity index (χ1v) is 4.00.